The number of halogens is 1. The second-order valence-corrected chi connectivity index (χ2v) is 7.76. The summed E-state index contributed by atoms with van der Waals surface area (Å²) >= 11 is 0. The number of rotatable bonds is 5. The fourth-order valence-electron chi connectivity index (χ4n) is 4.43. The van der Waals surface area contributed by atoms with Crippen molar-refractivity contribution in [2.45, 2.75) is 12.1 Å². The van der Waals surface area contributed by atoms with Crippen LogP contribution in [0.3, 0.4) is 0 Å². The van der Waals surface area contributed by atoms with Gasteiger partial charge in [0.05, 0.1) is 31.6 Å². The van der Waals surface area contributed by atoms with E-state index in [-0.39, 0.29) is 0 Å². The maximum Gasteiger partial charge on any atom is 0.266 e. The Morgan fingerprint density at radius 2 is 1.52 bits per heavy atom. The fraction of sp³-hybridized carbons (Fsp3) is 0.200. The number of ether oxygens (including phenoxy) is 2. The number of methoxy groups -OCH3 is 2. The number of imide groups is 1. The quantitative estimate of drug-likeness (QED) is 0.552. The molecule has 3 atom stereocenters. The molecule has 168 valence electrons. The Kier molecular flexibility index (Phi) is 5.22. The van der Waals surface area contributed by atoms with Crippen molar-refractivity contribution in [3.63, 3.8) is 0 Å². The molecule has 0 bridgehead atoms. The Balaban J connectivity index is 1.60. The van der Waals surface area contributed by atoms with Gasteiger partial charge in [-0.2, -0.15) is 0 Å². The van der Waals surface area contributed by atoms with E-state index < -0.39 is 35.7 Å². The lowest BCUT2D eigenvalue weighted by Crippen LogP contribution is -2.37. The van der Waals surface area contributed by atoms with Crippen LogP contribution in [0.25, 0.3) is 0 Å². The average Bonchev–Trinajstić information content (AvgIpc) is 3.36. The normalized spacial score (nSPS) is 22.0. The minimum atomic E-state index is -1.01. The van der Waals surface area contributed by atoms with Crippen LogP contribution in [0.1, 0.15) is 11.6 Å². The number of nitrogens with zero attached hydrogens (tertiary/aromatic N) is 2. The SMILES string of the molecule is COc1ccc([C@@H]2[C@@H]3C(=O)N(c4ccc(F)cc4)C(=O)[C@H]3ON2c2ccccc2)cc1OC. The van der Waals surface area contributed by atoms with Crippen LogP contribution < -0.4 is 19.4 Å². The Morgan fingerprint density at radius 3 is 2.18 bits per heavy atom. The van der Waals surface area contributed by atoms with Crippen molar-refractivity contribution < 1.29 is 28.3 Å². The smallest absolute Gasteiger partial charge is 0.266 e. The van der Waals surface area contributed by atoms with Gasteiger partial charge in [-0.1, -0.05) is 24.3 Å². The molecule has 8 heteroatoms. The topological polar surface area (TPSA) is 68.3 Å². The van der Waals surface area contributed by atoms with Crippen molar-refractivity contribution in [2.24, 2.45) is 5.92 Å². The lowest BCUT2D eigenvalue weighted by molar-refractivity contribution is -0.126. The highest BCUT2D eigenvalue weighted by atomic mass is 19.1. The van der Waals surface area contributed by atoms with Gasteiger partial charge in [-0.15, -0.1) is 0 Å². The number of para-hydroxylation sites is 1. The molecule has 2 saturated heterocycles. The predicted molar refractivity (Wildman–Crippen MR) is 118 cm³/mol. The molecule has 0 aliphatic carbocycles. The van der Waals surface area contributed by atoms with Crippen LogP contribution in [0.5, 0.6) is 11.5 Å². The van der Waals surface area contributed by atoms with Crippen LogP contribution in [0.4, 0.5) is 15.8 Å². The number of hydrogen-bond acceptors (Lipinski definition) is 6. The van der Waals surface area contributed by atoms with Crippen LogP contribution in [0.2, 0.25) is 0 Å². The summed E-state index contributed by atoms with van der Waals surface area (Å²) in [6.07, 6.45) is -1.01. The Bertz CT molecular complexity index is 1200. The monoisotopic (exact) mass is 448 g/mol. The van der Waals surface area contributed by atoms with E-state index in [1.165, 1.54) is 31.4 Å². The maximum atomic E-state index is 13.6. The second-order valence-electron chi connectivity index (χ2n) is 7.76. The summed E-state index contributed by atoms with van der Waals surface area (Å²) in [7, 11) is 3.08. The van der Waals surface area contributed by atoms with Gasteiger partial charge in [-0.3, -0.25) is 14.4 Å². The minimum absolute atomic E-state index is 0.307. The largest absolute Gasteiger partial charge is 0.493 e. The number of benzene rings is 3. The molecule has 3 aromatic rings. The van der Waals surface area contributed by atoms with Crippen molar-refractivity contribution in [1.82, 2.24) is 0 Å². The van der Waals surface area contributed by atoms with Gasteiger partial charge in [-0.25, -0.2) is 14.4 Å². The molecule has 7 nitrogen and oxygen atoms in total. The van der Waals surface area contributed by atoms with E-state index >= 15 is 0 Å². The molecule has 0 radical (unpaired) electrons. The van der Waals surface area contributed by atoms with E-state index in [2.05, 4.69) is 0 Å². The van der Waals surface area contributed by atoms with Crippen molar-refractivity contribution in [2.75, 3.05) is 24.2 Å². The lowest BCUT2D eigenvalue weighted by atomic mass is 9.90. The second kappa shape index (κ2) is 8.22. The van der Waals surface area contributed by atoms with Crippen LogP contribution in [0, 0.1) is 11.7 Å². The highest BCUT2D eigenvalue weighted by Crippen LogP contribution is 2.48. The number of carbonyl (C=O) groups excluding carboxylic acids is 2. The summed E-state index contributed by atoms with van der Waals surface area (Å²) in [4.78, 5) is 34.0. The number of hydrogen-bond donors (Lipinski definition) is 0. The molecule has 0 unspecified atom stereocenters. The molecule has 2 heterocycles. The molecule has 2 aliphatic rings. The van der Waals surface area contributed by atoms with Crippen molar-refractivity contribution in [1.29, 1.82) is 0 Å². The molecular formula is C25H21FN2O5. The van der Waals surface area contributed by atoms with Gasteiger partial charge in [-0.05, 0) is 54.1 Å². The number of fused-ring (bicyclic) bond motifs is 1. The van der Waals surface area contributed by atoms with Gasteiger partial charge in [0.15, 0.2) is 17.6 Å². The Morgan fingerprint density at radius 1 is 0.818 bits per heavy atom. The average molecular weight is 448 g/mol. The van der Waals surface area contributed by atoms with Crippen LogP contribution in [0.15, 0.2) is 72.8 Å². The van der Waals surface area contributed by atoms with Crippen molar-refractivity contribution >= 4 is 23.2 Å². The Labute approximate surface area is 189 Å². The standard InChI is InChI=1S/C25H21FN2O5/c1-31-19-13-8-15(14-20(19)32-2)22-21-23(33-28(22)18-6-4-3-5-7-18)25(30)27(24(21)29)17-11-9-16(26)10-12-17/h3-14,21-23H,1-2H3/t21-,22+,23-/m0/s1. The van der Waals surface area contributed by atoms with E-state index in [9.17, 15) is 14.0 Å². The molecule has 5 rings (SSSR count). The summed E-state index contributed by atoms with van der Waals surface area (Å²) in [6, 6.07) is 19.3. The van der Waals surface area contributed by atoms with Crippen LogP contribution in [-0.4, -0.2) is 32.1 Å². The highest BCUT2D eigenvalue weighted by molar-refractivity contribution is 6.23. The number of amides is 2. The summed E-state index contributed by atoms with van der Waals surface area (Å²) in [5, 5.41) is 1.61. The first-order valence-electron chi connectivity index (χ1n) is 10.4. The number of anilines is 2. The summed E-state index contributed by atoms with van der Waals surface area (Å²) in [5.41, 5.74) is 1.74. The maximum absolute atomic E-state index is 13.6. The third-order valence-corrected chi connectivity index (χ3v) is 5.96. The first kappa shape index (κ1) is 21.0. The summed E-state index contributed by atoms with van der Waals surface area (Å²) in [6.45, 7) is 0. The first-order valence-corrected chi connectivity index (χ1v) is 10.4. The third kappa shape index (κ3) is 3.39. The van der Waals surface area contributed by atoms with Gasteiger partial charge < -0.3 is 9.47 Å². The van der Waals surface area contributed by atoms with Gasteiger partial charge in [0.1, 0.15) is 11.7 Å². The molecule has 0 saturated carbocycles. The zero-order valence-corrected chi connectivity index (χ0v) is 18.0. The number of carbonyl (C=O) groups is 2. The lowest BCUT2D eigenvalue weighted by Gasteiger charge is -2.29. The van der Waals surface area contributed by atoms with Gasteiger partial charge in [0.2, 0.25) is 5.91 Å². The van der Waals surface area contributed by atoms with E-state index in [1.807, 2.05) is 36.4 Å². The highest BCUT2D eigenvalue weighted by Gasteiger charge is 2.60. The van der Waals surface area contributed by atoms with E-state index in [4.69, 9.17) is 14.3 Å². The molecule has 2 fully saturated rings. The van der Waals surface area contributed by atoms with Gasteiger partial charge in [0, 0.05) is 0 Å². The molecule has 0 aromatic heterocycles. The third-order valence-electron chi connectivity index (χ3n) is 5.96. The summed E-state index contributed by atoms with van der Waals surface area (Å²) < 4.78 is 24.2. The van der Waals surface area contributed by atoms with Crippen LogP contribution >= 0.6 is 0 Å². The van der Waals surface area contributed by atoms with Crippen molar-refractivity contribution in [3.8, 4) is 11.5 Å². The van der Waals surface area contributed by atoms with E-state index in [1.54, 1.807) is 24.3 Å². The Hall–Kier alpha value is -3.91. The molecule has 2 aliphatic heterocycles. The van der Waals surface area contributed by atoms with Crippen molar-refractivity contribution in [3.05, 3.63) is 84.2 Å². The van der Waals surface area contributed by atoms with E-state index in [0.29, 0.717) is 22.9 Å². The molecule has 0 N–H and O–H groups in total. The van der Waals surface area contributed by atoms with Gasteiger partial charge in [0.25, 0.3) is 5.91 Å². The predicted octanol–water partition coefficient (Wildman–Crippen LogP) is 3.89. The molecule has 2 amide bonds. The molecule has 0 spiro atoms. The zero-order chi connectivity index (χ0) is 23.1. The summed E-state index contributed by atoms with van der Waals surface area (Å²) in [5.74, 6) is -1.10. The number of hydroxylamine groups is 1. The zero-order valence-electron chi connectivity index (χ0n) is 18.0. The molecule has 3 aromatic carbocycles. The minimum Gasteiger partial charge on any atom is -0.493 e. The van der Waals surface area contributed by atoms with E-state index in [0.717, 1.165) is 10.5 Å². The molecular weight excluding hydrogens is 427 g/mol. The first-order chi connectivity index (χ1) is 16.0. The van der Waals surface area contributed by atoms with Gasteiger partial charge >= 0.3 is 0 Å². The fourth-order valence-corrected chi connectivity index (χ4v) is 4.43. The molecule has 33 heavy (non-hydrogen) atoms. The van der Waals surface area contributed by atoms with Crippen LogP contribution in [-0.2, 0) is 14.4 Å².